The third-order valence-electron chi connectivity index (χ3n) is 1.19. The summed E-state index contributed by atoms with van der Waals surface area (Å²) in [6.45, 7) is 0.424. The van der Waals surface area contributed by atoms with Crippen LogP contribution < -0.4 is 10.6 Å². The number of nitrogens with one attached hydrogen (secondary N) is 2. The molecular weight excluding hydrogens is 192 g/mol. The smallest absolute Gasteiger partial charge is 0.320 e. The van der Waals surface area contributed by atoms with E-state index in [2.05, 4.69) is 20.8 Å². The Kier molecular flexibility index (Phi) is 3.98. The molecule has 0 aliphatic heterocycles. The molecule has 0 saturated carbocycles. The molecular formula is C7H9ClN4O. The fourth-order valence-electron chi connectivity index (χ4n) is 0.689. The maximum absolute atomic E-state index is 11.0. The minimum atomic E-state index is -0.332. The maximum atomic E-state index is 11.0. The molecule has 2 N–H and O–H groups in total. The number of carbonyl (C=O) groups excluding carboxylic acids is 1. The van der Waals surface area contributed by atoms with E-state index in [4.69, 9.17) is 11.6 Å². The molecule has 0 aliphatic carbocycles. The summed E-state index contributed by atoms with van der Waals surface area (Å²) >= 11 is 5.38. The van der Waals surface area contributed by atoms with Crippen LogP contribution in [0.1, 0.15) is 0 Å². The van der Waals surface area contributed by atoms with Gasteiger partial charge in [-0.1, -0.05) is 0 Å². The summed E-state index contributed by atoms with van der Waals surface area (Å²) in [6.07, 6.45) is 1.53. The molecule has 1 heterocycles. The minimum Gasteiger partial charge on any atom is -0.337 e. The summed E-state index contributed by atoms with van der Waals surface area (Å²) < 4.78 is 0. The van der Waals surface area contributed by atoms with Crippen molar-refractivity contribution < 1.29 is 4.79 Å². The van der Waals surface area contributed by atoms with Gasteiger partial charge in [0.1, 0.15) is 0 Å². The number of hydrogen-bond acceptors (Lipinski definition) is 3. The molecule has 13 heavy (non-hydrogen) atoms. The number of hydrogen-bond donors (Lipinski definition) is 2. The zero-order valence-electron chi connectivity index (χ0n) is 6.83. The van der Waals surface area contributed by atoms with Crippen molar-refractivity contribution in [2.45, 2.75) is 0 Å². The van der Waals surface area contributed by atoms with Gasteiger partial charge < -0.3 is 5.32 Å². The number of carbonyl (C=O) groups is 1. The summed E-state index contributed by atoms with van der Waals surface area (Å²) in [5.41, 5.74) is 0. The zero-order valence-corrected chi connectivity index (χ0v) is 7.58. The summed E-state index contributed by atoms with van der Waals surface area (Å²) in [5.74, 6) is 0.794. The molecule has 0 aliphatic rings. The lowest BCUT2D eigenvalue weighted by atomic mass is 10.5. The topological polar surface area (TPSA) is 66.9 Å². The number of amides is 2. The van der Waals surface area contributed by atoms with Crippen LogP contribution >= 0.6 is 11.6 Å². The van der Waals surface area contributed by atoms with Crippen molar-refractivity contribution in [3.05, 3.63) is 18.3 Å². The summed E-state index contributed by atoms with van der Waals surface area (Å²) in [7, 11) is 0. The molecule has 70 valence electrons. The molecule has 0 atom stereocenters. The lowest BCUT2D eigenvalue weighted by Crippen LogP contribution is -2.30. The van der Waals surface area contributed by atoms with E-state index in [1.54, 1.807) is 12.1 Å². The van der Waals surface area contributed by atoms with Crippen LogP contribution in [-0.2, 0) is 0 Å². The SMILES string of the molecule is O=C(NCCCl)Nc1cccnn1. The zero-order chi connectivity index (χ0) is 9.52. The predicted molar refractivity (Wildman–Crippen MR) is 49.8 cm³/mol. The van der Waals surface area contributed by atoms with E-state index >= 15 is 0 Å². The molecule has 5 nitrogen and oxygen atoms in total. The van der Waals surface area contributed by atoms with Gasteiger partial charge in [-0.05, 0) is 12.1 Å². The van der Waals surface area contributed by atoms with Crippen molar-refractivity contribution in [2.75, 3.05) is 17.7 Å². The lowest BCUT2D eigenvalue weighted by molar-refractivity contribution is 0.252. The van der Waals surface area contributed by atoms with Gasteiger partial charge in [0.15, 0.2) is 5.82 Å². The molecule has 0 spiro atoms. The van der Waals surface area contributed by atoms with Crippen LogP contribution in [0.25, 0.3) is 0 Å². The second kappa shape index (κ2) is 5.31. The van der Waals surface area contributed by atoms with Crippen molar-refractivity contribution in [2.24, 2.45) is 0 Å². The second-order valence-electron chi connectivity index (χ2n) is 2.18. The van der Waals surface area contributed by atoms with Gasteiger partial charge in [-0.15, -0.1) is 16.7 Å². The number of nitrogens with zero attached hydrogens (tertiary/aromatic N) is 2. The van der Waals surface area contributed by atoms with Crippen molar-refractivity contribution in [3.8, 4) is 0 Å². The normalized spacial score (nSPS) is 9.31. The number of alkyl halides is 1. The van der Waals surface area contributed by atoms with Crippen LogP contribution in [0.4, 0.5) is 10.6 Å². The number of urea groups is 1. The van der Waals surface area contributed by atoms with Gasteiger partial charge in [0.2, 0.25) is 0 Å². The molecule has 0 fully saturated rings. The molecule has 1 rings (SSSR count). The highest BCUT2D eigenvalue weighted by molar-refractivity contribution is 6.18. The standard InChI is InChI=1S/C7H9ClN4O/c8-3-5-9-7(13)11-6-2-1-4-10-12-6/h1-2,4H,3,5H2,(H2,9,11,12,13). The molecule has 0 saturated heterocycles. The summed E-state index contributed by atoms with van der Waals surface area (Å²) in [6, 6.07) is 3.00. The van der Waals surface area contributed by atoms with Gasteiger partial charge in [0, 0.05) is 18.6 Å². The fraction of sp³-hybridized carbons (Fsp3) is 0.286. The maximum Gasteiger partial charge on any atom is 0.320 e. The van der Waals surface area contributed by atoms with Crippen LogP contribution in [-0.4, -0.2) is 28.7 Å². The number of halogens is 1. The van der Waals surface area contributed by atoms with E-state index in [9.17, 15) is 4.79 Å². The molecule has 6 heteroatoms. The largest absolute Gasteiger partial charge is 0.337 e. The molecule has 2 amide bonds. The van der Waals surface area contributed by atoms with Gasteiger partial charge in [-0.3, -0.25) is 5.32 Å². The Labute approximate surface area is 80.5 Å². The lowest BCUT2D eigenvalue weighted by Gasteiger charge is -2.03. The average Bonchev–Trinajstić information content (AvgIpc) is 2.16. The van der Waals surface area contributed by atoms with Gasteiger partial charge in [-0.25, -0.2) is 4.79 Å². The minimum absolute atomic E-state index is 0.332. The number of aromatic nitrogens is 2. The van der Waals surface area contributed by atoms with Crippen LogP contribution in [0.15, 0.2) is 18.3 Å². The number of rotatable bonds is 3. The third-order valence-corrected chi connectivity index (χ3v) is 1.38. The Balaban J connectivity index is 2.37. The Morgan fingerprint density at radius 3 is 3.08 bits per heavy atom. The van der Waals surface area contributed by atoms with E-state index in [1.165, 1.54) is 6.20 Å². The van der Waals surface area contributed by atoms with Gasteiger partial charge in [0.05, 0.1) is 0 Å². The van der Waals surface area contributed by atoms with Gasteiger partial charge in [0.25, 0.3) is 0 Å². The Morgan fingerprint density at radius 1 is 1.62 bits per heavy atom. The molecule has 1 aromatic heterocycles. The first-order valence-corrected chi connectivity index (χ1v) is 4.25. The molecule has 0 bridgehead atoms. The highest BCUT2D eigenvalue weighted by atomic mass is 35.5. The van der Waals surface area contributed by atoms with E-state index in [0.717, 1.165) is 0 Å². The van der Waals surface area contributed by atoms with Crippen LogP contribution in [0.2, 0.25) is 0 Å². The van der Waals surface area contributed by atoms with Crippen LogP contribution in [0.3, 0.4) is 0 Å². The summed E-state index contributed by atoms with van der Waals surface area (Å²) in [5, 5.41) is 12.3. The fourth-order valence-corrected chi connectivity index (χ4v) is 0.784. The van der Waals surface area contributed by atoms with E-state index in [-0.39, 0.29) is 6.03 Å². The van der Waals surface area contributed by atoms with E-state index in [1.807, 2.05) is 0 Å². The predicted octanol–water partition coefficient (Wildman–Crippen LogP) is 0.837. The molecule has 0 unspecified atom stereocenters. The van der Waals surface area contributed by atoms with Crippen molar-refractivity contribution in [1.29, 1.82) is 0 Å². The Bertz CT molecular complexity index is 266. The monoisotopic (exact) mass is 200 g/mol. The summed E-state index contributed by atoms with van der Waals surface area (Å²) in [4.78, 5) is 11.0. The van der Waals surface area contributed by atoms with Crippen molar-refractivity contribution in [3.63, 3.8) is 0 Å². The number of anilines is 1. The third kappa shape index (κ3) is 3.71. The van der Waals surface area contributed by atoms with Crippen molar-refractivity contribution in [1.82, 2.24) is 15.5 Å². The molecule has 0 radical (unpaired) electrons. The Hall–Kier alpha value is -1.36. The first-order chi connectivity index (χ1) is 6.33. The molecule has 1 aromatic rings. The van der Waals surface area contributed by atoms with Gasteiger partial charge in [-0.2, -0.15) is 5.10 Å². The van der Waals surface area contributed by atoms with Crippen molar-refractivity contribution >= 4 is 23.4 Å². The van der Waals surface area contributed by atoms with Gasteiger partial charge >= 0.3 is 6.03 Å². The first kappa shape index (κ1) is 9.73. The highest BCUT2D eigenvalue weighted by Gasteiger charge is 1.99. The quantitative estimate of drug-likeness (QED) is 0.711. The highest BCUT2D eigenvalue weighted by Crippen LogP contribution is 1.96. The molecule has 0 aromatic carbocycles. The van der Waals surface area contributed by atoms with Crippen LogP contribution in [0, 0.1) is 0 Å². The second-order valence-corrected chi connectivity index (χ2v) is 2.56. The van der Waals surface area contributed by atoms with Crippen LogP contribution in [0.5, 0.6) is 0 Å². The van der Waals surface area contributed by atoms with E-state index in [0.29, 0.717) is 18.2 Å². The van der Waals surface area contributed by atoms with E-state index < -0.39 is 0 Å². The average molecular weight is 201 g/mol. The Morgan fingerprint density at radius 2 is 2.46 bits per heavy atom. The first-order valence-electron chi connectivity index (χ1n) is 3.71.